The number of imide groups is 1. The molecule has 0 radical (unpaired) electrons. The summed E-state index contributed by atoms with van der Waals surface area (Å²) < 4.78 is 10.7. The Morgan fingerprint density at radius 2 is 1.72 bits per heavy atom. The fraction of sp³-hybridized carbons (Fsp3) is 0.250. The molecule has 3 aliphatic heterocycles. The van der Waals surface area contributed by atoms with E-state index in [1.807, 2.05) is 12.1 Å². The number of hydrogen-bond acceptors (Lipinski definition) is 7. The molecule has 2 saturated heterocycles. The maximum absolute atomic E-state index is 13.7. The largest absolute Gasteiger partial charge is 0.497 e. The van der Waals surface area contributed by atoms with E-state index in [0.717, 1.165) is 4.90 Å². The van der Waals surface area contributed by atoms with E-state index in [2.05, 4.69) is 5.10 Å². The summed E-state index contributed by atoms with van der Waals surface area (Å²) in [6, 6.07) is 12.3. The number of hydrogen-bond donors (Lipinski definition) is 0. The van der Waals surface area contributed by atoms with Crippen LogP contribution in [0, 0.1) is 11.8 Å². The van der Waals surface area contributed by atoms with Gasteiger partial charge in [0.1, 0.15) is 17.5 Å². The molecular weight excluding hydrogens is 410 g/mol. The van der Waals surface area contributed by atoms with E-state index < -0.39 is 29.8 Å². The summed E-state index contributed by atoms with van der Waals surface area (Å²) >= 11 is 0. The van der Waals surface area contributed by atoms with Crippen LogP contribution in [0.4, 0.5) is 5.69 Å². The lowest BCUT2D eigenvalue weighted by Gasteiger charge is -2.30. The van der Waals surface area contributed by atoms with Crippen LogP contribution in [0.15, 0.2) is 65.8 Å². The molecule has 2 aromatic carbocycles. The number of anilines is 1. The molecule has 3 aliphatic rings. The Kier molecular flexibility index (Phi) is 4.77. The maximum atomic E-state index is 13.7. The highest BCUT2D eigenvalue weighted by atomic mass is 16.5. The molecule has 2 fully saturated rings. The van der Waals surface area contributed by atoms with Gasteiger partial charge in [0.25, 0.3) is 0 Å². The monoisotopic (exact) mass is 431 g/mol. The number of benzene rings is 2. The zero-order chi connectivity index (χ0) is 22.4. The predicted molar refractivity (Wildman–Crippen MR) is 117 cm³/mol. The Labute approximate surface area is 184 Å². The minimum atomic E-state index is -0.883. The molecule has 4 atom stereocenters. The van der Waals surface area contributed by atoms with Crippen LogP contribution in [0.5, 0.6) is 11.5 Å². The zero-order valence-electron chi connectivity index (χ0n) is 17.5. The van der Waals surface area contributed by atoms with Crippen LogP contribution in [-0.4, -0.2) is 55.1 Å². The Morgan fingerprint density at radius 1 is 0.969 bits per heavy atom. The van der Waals surface area contributed by atoms with Crippen LogP contribution in [0.25, 0.3) is 0 Å². The molecule has 2 aromatic rings. The highest BCUT2D eigenvalue weighted by molar-refractivity contribution is 6.25. The number of methoxy groups -OCH3 is 2. The molecule has 32 heavy (non-hydrogen) atoms. The molecule has 5 rings (SSSR count). The zero-order valence-corrected chi connectivity index (χ0v) is 17.5. The van der Waals surface area contributed by atoms with Crippen molar-refractivity contribution in [2.24, 2.45) is 16.9 Å². The molecule has 0 bridgehead atoms. The SMILES string of the molecule is COc1ccc(OC)c(N2C(=O)C3C(C2=O)C(C(=O)c2ccccc2)N2N=CC=CC32)c1. The van der Waals surface area contributed by atoms with E-state index in [4.69, 9.17) is 9.47 Å². The van der Waals surface area contributed by atoms with Gasteiger partial charge in [0, 0.05) is 17.8 Å². The maximum Gasteiger partial charge on any atom is 0.240 e. The van der Waals surface area contributed by atoms with Crippen molar-refractivity contribution in [2.45, 2.75) is 12.1 Å². The van der Waals surface area contributed by atoms with Crippen LogP contribution < -0.4 is 14.4 Å². The smallest absolute Gasteiger partial charge is 0.240 e. The second-order valence-corrected chi connectivity index (χ2v) is 7.80. The second-order valence-electron chi connectivity index (χ2n) is 7.80. The highest BCUT2D eigenvalue weighted by Crippen LogP contribution is 2.48. The molecule has 0 spiro atoms. The Hall–Kier alpha value is -3.94. The number of hydrazone groups is 1. The summed E-state index contributed by atoms with van der Waals surface area (Å²) in [7, 11) is 2.98. The summed E-state index contributed by atoms with van der Waals surface area (Å²) in [5.74, 6) is -1.81. The first-order valence-electron chi connectivity index (χ1n) is 10.2. The Balaban J connectivity index is 1.60. The van der Waals surface area contributed by atoms with Crippen molar-refractivity contribution in [1.29, 1.82) is 0 Å². The molecule has 0 saturated carbocycles. The molecular formula is C24H21N3O5. The average molecular weight is 431 g/mol. The number of Topliss-reactive ketones (excluding diaryl/α,β-unsaturated/α-hetero) is 1. The minimum Gasteiger partial charge on any atom is -0.497 e. The molecule has 0 aliphatic carbocycles. The van der Waals surface area contributed by atoms with E-state index in [9.17, 15) is 14.4 Å². The number of fused-ring (bicyclic) bond motifs is 3. The van der Waals surface area contributed by atoms with Gasteiger partial charge in [-0.1, -0.05) is 36.4 Å². The summed E-state index contributed by atoms with van der Waals surface area (Å²) in [6.07, 6.45) is 5.13. The van der Waals surface area contributed by atoms with Gasteiger partial charge in [-0.25, -0.2) is 4.90 Å². The topological polar surface area (TPSA) is 88.5 Å². The van der Waals surface area contributed by atoms with Gasteiger partial charge in [0.15, 0.2) is 5.78 Å². The number of ketones is 1. The third-order valence-electron chi connectivity index (χ3n) is 6.24. The quantitative estimate of drug-likeness (QED) is 0.533. The van der Waals surface area contributed by atoms with E-state index >= 15 is 0 Å². The molecule has 8 heteroatoms. The van der Waals surface area contributed by atoms with Crippen LogP contribution in [0.2, 0.25) is 0 Å². The van der Waals surface area contributed by atoms with Crippen molar-refractivity contribution in [3.8, 4) is 11.5 Å². The van der Waals surface area contributed by atoms with Gasteiger partial charge in [-0.15, -0.1) is 0 Å². The van der Waals surface area contributed by atoms with Crippen molar-refractivity contribution in [1.82, 2.24) is 5.01 Å². The van der Waals surface area contributed by atoms with Crippen molar-refractivity contribution in [3.05, 3.63) is 66.2 Å². The first kappa shape index (κ1) is 20.0. The molecule has 0 N–H and O–H groups in total. The van der Waals surface area contributed by atoms with Gasteiger partial charge in [-0.05, 0) is 18.2 Å². The van der Waals surface area contributed by atoms with E-state index in [0.29, 0.717) is 22.7 Å². The normalized spacial score (nSPS) is 25.7. The molecule has 8 nitrogen and oxygen atoms in total. The van der Waals surface area contributed by atoms with Gasteiger partial charge in [-0.2, -0.15) is 5.10 Å². The van der Waals surface area contributed by atoms with Gasteiger partial charge in [-0.3, -0.25) is 19.4 Å². The highest BCUT2D eigenvalue weighted by Gasteiger charge is 2.64. The van der Waals surface area contributed by atoms with Crippen molar-refractivity contribution in [2.75, 3.05) is 19.1 Å². The number of ether oxygens (including phenoxy) is 2. The lowest BCUT2D eigenvalue weighted by atomic mass is 9.86. The number of amides is 2. The van der Waals surface area contributed by atoms with E-state index in [1.54, 1.807) is 59.8 Å². The van der Waals surface area contributed by atoms with Gasteiger partial charge >= 0.3 is 0 Å². The molecule has 2 amide bonds. The minimum absolute atomic E-state index is 0.240. The van der Waals surface area contributed by atoms with Crippen molar-refractivity contribution in [3.63, 3.8) is 0 Å². The van der Waals surface area contributed by atoms with Crippen molar-refractivity contribution < 1.29 is 23.9 Å². The first-order chi connectivity index (χ1) is 15.6. The molecule has 162 valence electrons. The number of allylic oxidation sites excluding steroid dienone is 1. The van der Waals surface area contributed by atoms with Crippen molar-refractivity contribution >= 4 is 29.5 Å². The number of carbonyl (C=O) groups excluding carboxylic acids is 3. The molecule has 4 unspecified atom stereocenters. The molecule has 3 heterocycles. The van der Waals surface area contributed by atoms with Crippen LogP contribution in [0.1, 0.15) is 10.4 Å². The number of carbonyl (C=O) groups is 3. The first-order valence-corrected chi connectivity index (χ1v) is 10.2. The average Bonchev–Trinajstić information content (AvgIpc) is 3.31. The fourth-order valence-corrected chi connectivity index (χ4v) is 4.82. The Morgan fingerprint density at radius 3 is 2.44 bits per heavy atom. The van der Waals surface area contributed by atoms with Gasteiger partial charge in [0.2, 0.25) is 11.8 Å². The summed E-state index contributed by atoms with van der Waals surface area (Å²) in [4.78, 5) is 41.9. The van der Waals surface area contributed by atoms with Gasteiger partial charge < -0.3 is 9.47 Å². The van der Waals surface area contributed by atoms with Gasteiger partial charge in [0.05, 0.1) is 37.8 Å². The third kappa shape index (κ3) is 2.83. The standard InChI is InChI=1S/C24H21N3O5/c1-31-15-10-11-18(32-2)17(13-15)26-23(29)19-16-9-6-12-25-27(16)21(20(19)24(26)30)22(28)14-7-4-3-5-8-14/h3-13,16,19-21H,1-2H3. The third-order valence-corrected chi connectivity index (χ3v) is 6.24. The predicted octanol–water partition coefficient (Wildman–Crippen LogP) is 2.30. The fourth-order valence-electron chi connectivity index (χ4n) is 4.82. The van der Waals surface area contributed by atoms with Crippen LogP contribution in [0.3, 0.4) is 0 Å². The number of nitrogens with zero attached hydrogens (tertiary/aromatic N) is 3. The lowest BCUT2D eigenvalue weighted by molar-refractivity contribution is -0.123. The summed E-state index contributed by atoms with van der Waals surface area (Å²) in [6.45, 7) is 0. The summed E-state index contributed by atoms with van der Waals surface area (Å²) in [5, 5.41) is 5.96. The Bertz CT molecular complexity index is 1160. The summed E-state index contributed by atoms with van der Waals surface area (Å²) in [5.41, 5.74) is 0.774. The van der Waals surface area contributed by atoms with E-state index in [1.165, 1.54) is 14.2 Å². The lowest BCUT2D eigenvalue weighted by Crippen LogP contribution is -2.46. The number of rotatable bonds is 5. The van der Waals surface area contributed by atoms with Crippen LogP contribution >= 0.6 is 0 Å². The second kappa shape index (κ2) is 7.64. The van der Waals surface area contributed by atoms with Crippen LogP contribution in [-0.2, 0) is 9.59 Å². The molecule has 0 aromatic heterocycles. The van der Waals surface area contributed by atoms with E-state index in [-0.39, 0.29) is 11.7 Å².